The SMILES string of the molecule is C=CCCCC[C@H]1C=CCC1(C)CC. The maximum absolute atomic E-state index is 3.76. The molecule has 0 saturated heterocycles. The van der Waals surface area contributed by atoms with E-state index in [2.05, 4.69) is 32.6 Å². The summed E-state index contributed by atoms with van der Waals surface area (Å²) in [4.78, 5) is 0. The molecule has 0 nitrogen and oxygen atoms in total. The van der Waals surface area contributed by atoms with Crippen LogP contribution in [0.4, 0.5) is 0 Å². The van der Waals surface area contributed by atoms with Gasteiger partial charge in [-0.2, -0.15) is 0 Å². The van der Waals surface area contributed by atoms with E-state index in [0.717, 1.165) is 5.92 Å². The predicted molar refractivity (Wildman–Crippen MR) is 64.3 cm³/mol. The van der Waals surface area contributed by atoms with Crippen molar-refractivity contribution in [1.29, 1.82) is 0 Å². The standard InChI is InChI=1S/C14H24/c1-4-6-7-8-10-13-11-9-12-14(13,3)5-2/h4,9,11,13H,1,5-8,10,12H2,2-3H3/t13-,14?/m0/s1. The van der Waals surface area contributed by atoms with Crippen LogP contribution in [0.5, 0.6) is 0 Å². The van der Waals surface area contributed by atoms with Gasteiger partial charge in [0.05, 0.1) is 0 Å². The maximum atomic E-state index is 3.76. The molecule has 0 spiro atoms. The number of allylic oxidation sites excluding steroid dienone is 3. The van der Waals surface area contributed by atoms with Crippen LogP contribution in [0.3, 0.4) is 0 Å². The minimum absolute atomic E-state index is 0.564. The van der Waals surface area contributed by atoms with E-state index in [1.165, 1.54) is 38.5 Å². The highest BCUT2D eigenvalue weighted by molar-refractivity contribution is 5.06. The summed E-state index contributed by atoms with van der Waals surface area (Å²) >= 11 is 0. The van der Waals surface area contributed by atoms with Gasteiger partial charge in [0.2, 0.25) is 0 Å². The Morgan fingerprint density at radius 1 is 1.50 bits per heavy atom. The van der Waals surface area contributed by atoms with E-state index in [1.807, 2.05) is 6.08 Å². The van der Waals surface area contributed by atoms with Gasteiger partial charge in [-0.05, 0) is 43.4 Å². The Bertz CT molecular complexity index is 202. The molecular formula is C14H24. The van der Waals surface area contributed by atoms with Gasteiger partial charge in [-0.1, -0.05) is 38.5 Å². The molecular weight excluding hydrogens is 168 g/mol. The van der Waals surface area contributed by atoms with Crippen molar-refractivity contribution in [2.45, 2.75) is 52.4 Å². The van der Waals surface area contributed by atoms with Crippen LogP contribution in [0, 0.1) is 11.3 Å². The molecule has 2 atom stereocenters. The molecule has 0 aromatic heterocycles. The van der Waals surface area contributed by atoms with E-state index in [4.69, 9.17) is 0 Å². The lowest BCUT2D eigenvalue weighted by atomic mass is 9.75. The van der Waals surface area contributed by atoms with Gasteiger partial charge in [-0.15, -0.1) is 6.58 Å². The van der Waals surface area contributed by atoms with Crippen LogP contribution in [0.15, 0.2) is 24.8 Å². The summed E-state index contributed by atoms with van der Waals surface area (Å²) in [5.41, 5.74) is 0.564. The van der Waals surface area contributed by atoms with Crippen molar-refractivity contribution in [3.63, 3.8) is 0 Å². The van der Waals surface area contributed by atoms with Crippen LogP contribution < -0.4 is 0 Å². The predicted octanol–water partition coefficient (Wildman–Crippen LogP) is 4.73. The zero-order valence-electron chi connectivity index (χ0n) is 9.76. The van der Waals surface area contributed by atoms with E-state index in [1.54, 1.807) is 0 Å². The number of hydrogen-bond donors (Lipinski definition) is 0. The van der Waals surface area contributed by atoms with Gasteiger partial charge in [0.1, 0.15) is 0 Å². The second-order valence-electron chi connectivity index (χ2n) is 4.82. The monoisotopic (exact) mass is 192 g/mol. The smallest absolute Gasteiger partial charge is 0.0177 e. The van der Waals surface area contributed by atoms with Gasteiger partial charge in [0.25, 0.3) is 0 Å². The van der Waals surface area contributed by atoms with E-state index in [9.17, 15) is 0 Å². The minimum atomic E-state index is 0.564. The third-order valence-corrected chi connectivity index (χ3v) is 3.83. The topological polar surface area (TPSA) is 0 Å². The van der Waals surface area contributed by atoms with Gasteiger partial charge in [-0.3, -0.25) is 0 Å². The molecule has 0 bridgehead atoms. The van der Waals surface area contributed by atoms with Crippen LogP contribution >= 0.6 is 0 Å². The summed E-state index contributed by atoms with van der Waals surface area (Å²) in [6, 6.07) is 0. The highest BCUT2D eigenvalue weighted by Gasteiger charge is 2.32. The lowest BCUT2D eigenvalue weighted by molar-refractivity contribution is 0.225. The fourth-order valence-corrected chi connectivity index (χ4v) is 2.39. The molecule has 14 heavy (non-hydrogen) atoms. The molecule has 0 N–H and O–H groups in total. The highest BCUT2D eigenvalue weighted by atomic mass is 14.4. The van der Waals surface area contributed by atoms with Crippen molar-refractivity contribution in [3.8, 4) is 0 Å². The zero-order valence-corrected chi connectivity index (χ0v) is 9.76. The van der Waals surface area contributed by atoms with Gasteiger partial charge in [-0.25, -0.2) is 0 Å². The molecule has 0 aromatic rings. The Morgan fingerprint density at radius 2 is 2.29 bits per heavy atom. The Morgan fingerprint density at radius 3 is 2.93 bits per heavy atom. The van der Waals surface area contributed by atoms with Crippen LogP contribution in [0.25, 0.3) is 0 Å². The molecule has 0 heterocycles. The van der Waals surface area contributed by atoms with Crippen LogP contribution in [0.2, 0.25) is 0 Å². The first-order valence-electron chi connectivity index (χ1n) is 6.00. The van der Waals surface area contributed by atoms with Crippen LogP contribution in [-0.4, -0.2) is 0 Å². The average Bonchev–Trinajstić information content (AvgIpc) is 2.56. The number of unbranched alkanes of at least 4 members (excludes halogenated alkanes) is 2. The molecule has 0 aromatic carbocycles. The summed E-state index contributed by atoms with van der Waals surface area (Å²) in [5, 5.41) is 0. The molecule has 0 aliphatic heterocycles. The maximum Gasteiger partial charge on any atom is -0.0177 e. The fourth-order valence-electron chi connectivity index (χ4n) is 2.39. The lowest BCUT2D eigenvalue weighted by Gasteiger charge is -2.30. The Balaban J connectivity index is 2.29. The van der Waals surface area contributed by atoms with E-state index >= 15 is 0 Å². The molecule has 1 aliphatic rings. The van der Waals surface area contributed by atoms with Crippen molar-refractivity contribution in [2.75, 3.05) is 0 Å². The first-order chi connectivity index (χ1) is 6.73. The minimum Gasteiger partial charge on any atom is -0.103 e. The van der Waals surface area contributed by atoms with E-state index in [0.29, 0.717) is 5.41 Å². The first kappa shape index (κ1) is 11.6. The summed E-state index contributed by atoms with van der Waals surface area (Å²) < 4.78 is 0. The molecule has 0 heteroatoms. The molecule has 0 fully saturated rings. The van der Waals surface area contributed by atoms with E-state index < -0.39 is 0 Å². The average molecular weight is 192 g/mol. The molecule has 1 rings (SSSR count). The van der Waals surface area contributed by atoms with Crippen molar-refractivity contribution in [3.05, 3.63) is 24.8 Å². The summed E-state index contributed by atoms with van der Waals surface area (Å²) in [6.07, 6.45) is 14.7. The molecule has 0 radical (unpaired) electrons. The Labute approximate surface area is 89.1 Å². The van der Waals surface area contributed by atoms with Crippen molar-refractivity contribution in [1.82, 2.24) is 0 Å². The van der Waals surface area contributed by atoms with Crippen LogP contribution in [0.1, 0.15) is 52.4 Å². The van der Waals surface area contributed by atoms with Crippen molar-refractivity contribution in [2.24, 2.45) is 11.3 Å². The van der Waals surface area contributed by atoms with Crippen LogP contribution in [-0.2, 0) is 0 Å². The first-order valence-corrected chi connectivity index (χ1v) is 6.00. The molecule has 1 aliphatic carbocycles. The summed E-state index contributed by atoms with van der Waals surface area (Å²) in [7, 11) is 0. The Kier molecular flexibility index (Phi) is 4.44. The number of hydrogen-bond acceptors (Lipinski definition) is 0. The molecule has 0 saturated carbocycles. The Hall–Kier alpha value is -0.520. The van der Waals surface area contributed by atoms with Gasteiger partial charge < -0.3 is 0 Å². The third kappa shape index (κ3) is 2.73. The second-order valence-corrected chi connectivity index (χ2v) is 4.82. The second kappa shape index (κ2) is 5.38. The largest absolute Gasteiger partial charge is 0.103 e. The van der Waals surface area contributed by atoms with Gasteiger partial charge >= 0.3 is 0 Å². The molecule has 1 unspecified atom stereocenters. The van der Waals surface area contributed by atoms with Crippen molar-refractivity contribution >= 4 is 0 Å². The third-order valence-electron chi connectivity index (χ3n) is 3.83. The summed E-state index contributed by atoms with van der Waals surface area (Å²) in [5.74, 6) is 0.831. The molecule has 80 valence electrons. The van der Waals surface area contributed by atoms with Gasteiger partial charge in [0.15, 0.2) is 0 Å². The highest BCUT2D eigenvalue weighted by Crippen LogP contribution is 2.43. The molecule has 0 amide bonds. The van der Waals surface area contributed by atoms with Crippen molar-refractivity contribution < 1.29 is 0 Å². The quantitative estimate of drug-likeness (QED) is 0.422. The normalized spacial score (nSPS) is 30.9. The fraction of sp³-hybridized carbons (Fsp3) is 0.714. The van der Waals surface area contributed by atoms with Gasteiger partial charge in [0, 0.05) is 0 Å². The lowest BCUT2D eigenvalue weighted by Crippen LogP contribution is -2.20. The number of rotatable bonds is 6. The zero-order chi connectivity index (χ0) is 10.4. The summed E-state index contributed by atoms with van der Waals surface area (Å²) in [6.45, 7) is 8.52. The van der Waals surface area contributed by atoms with E-state index in [-0.39, 0.29) is 0 Å².